The van der Waals surface area contributed by atoms with E-state index < -0.39 is 12.0 Å². The van der Waals surface area contributed by atoms with Crippen molar-refractivity contribution in [2.75, 3.05) is 0 Å². The highest BCUT2D eigenvalue weighted by molar-refractivity contribution is 6.28. The number of nitrogens with zero attached hydrogens (tertiary/aromatic N) is 1. The van der Waals surface area contributed by atoms with E-state index in [9.17, 15) is 19.5 Å². The summed E-state index contributed by atoms with van der Waals surface area (Å²) >= 11 is 0. The maximum Gasteiger partial charge on any atom is 0.251 e. The van der Waals surface area contributed by atoms with E-state index in [4.69, 9.17) is 0 Å². The number of ketones is 2. The van der Waals surface area contributed by atoms with Gasteiger partial charge < -0.3 is 15.0 Å². The number of aryl methyl sites for hydroxylation is 1. The number of Topliss-reactive ketones (excluding diaryl/α,β-unsaturated/α-hetero) is 2. The number of pyridine rings is 1. The average molecular weight is 300 g/mol. The molecule has 2 N–H and O–H groups in total. The minimum atomic E-state index is -1.02. The standard InChI is InChI=1S/C16H16N2O4/c1-4-8-6-10(20)18(3)14-12(8)15(21)11-7(2)5-9(19)17-13(11)16(14)22/h5-6,9,17,19H,4H2,1-3H3. The van der Waals surface area contributed by atoms with Gasteiger partial charge in [0, 0.05) is 13.1 Å². The third-order valence-electron chi connectivity index (χ3n) is 4.14. The Morgan fingerprint density at radius 3 is 2.59 bits per heavy atom. The van der Waals surface area contributed by atoms with Crippen LogP contribution in [0.3, 0.4) is 0 Å². The Morgan fingerprint density at radius 2 is 1.95 bits per heavy atom. The van der Waals surface area contributed by atoms with Gasteiger partial charge in [0.2, 0.25) is 5.78 Å². The first-order valence-electron chi connectivity index (χ1n) is 7.06. The minimum Gasteiger partial charge on any atom is -0.370 e. The summed E-state index contributed by atoms with van der Waals surface area (Å²) < 4.78 is 1.19. The van der Waals surface area contributed by atoms with Crippen LogP contribution in [0.5, 0.6) is 0 Å². The van der Waals surface area contributed by atoms with Crippen LogP contribution in [0.15, 0.2) is 33.8 Å². The van der Waals surface area contributed by atoms with Crippen LogP contribution in [-0.4, -0.2) is 27.5 Å². The van der Waals surface area contributed by atoms with Gasteiger partial charge in [0.1, 0.15) is 11.9 Å². The minimum absolute atomic E-state index is 0.0632. The molecule has 0 aromatic carbocycles. The van der Waals surface area contributed by atoms with Gasteiger partial charge in [0.15, 0.2) is 5.78 Å². The fourth-order valence-corrected chi connectivity index (χ4v) is 3.04. The lowest BCUT2D eigenvalue weighted by molar-refractivity contribution is 0.0941. The second-order valence-electron chi connectivity index (χ2n) is 5.49. The Kier molecular flexibility index (Phi) is 3.14. The number of allylic oxidation sites excluding steroid dienone is 3. The molecular formula is C16H16N2O4. The molecule has 1 aromatic heterocycles. The molecule has 22 heavy (non-hydrogen) atoms. The van der Waals surface area contributed by atoms with E-state index in [1.165, 1.54) is 23.8 Å². The SMILES string of the molecule is CCc1cc(=O)n(C)c2c1C(=O)C1=C(NC(O)C=C1C)C2=O. The van der Waals surface area contributed by atoms with E-state index in [1.807, 2.05) is 6.92 Å². The molecule has 0 bridgehead atoms. The van der Waals surface area contributed by atoms with Crippen LogP contribution in [0.25, 0.3) is 0 Å². The molecule has 0 radical (unpaired) electrons. The zero-order valence-electron chi connectivity index (χ0n) is 12.6. The summed E-state index contributed by atoms with van der Waals surface area (Å²) in [4.78, 5) is 37.6. The van der Waals surface area contributed by atoms with Crippen LogP contribution in [-0.2, 0) is 13.5 Å². The number of aromatic nitrogens is 1. The molecule has 0 amide bonds. The van der Waals surface area contributed by atoms with Crippen molar-refractivity contribution < 1.29 is 14.7 Å². The normalized spacial score (nSPS) is 20.4. The third kappa shape index (κ3) is 1.80. The number of rotatable bonds is 1. The number of dihydropyridines is 1. The van der Waals surface area contributed by atoms with Crippen molar-refractivity contribution >= 4 is 11.6 Å². The molecule has 0 fully saturated rings. The maximum absolute atomic E-state index is 12.9. The van der Waals surface area contributed by atoms with Gasteiger partial charge in [-0.25, -0.2) is 0 Å². The first kappa shape index (κ1) is 14.5. The van der Waals surface area contributed by atoms with Gasteiger partial charge in [-0.2, -0.15) is 0 Å². The Morgan fingerprint density at radius 1 is 1.27 bits per heavy atom. The molecule has 3 rings (SSSR count). The molecule has 0 saturated carbocycles. The second-order valence-corrected chi connectivity index (χ2v) is 5.49. The first-order chi connectivity index (χ1) is 10.4. The highest BCUT2D eigenvalue weighted by Gasteiger charge is 2.38. The summed E-state index contributed by atoms with van der Waals surface area (Å²) in [5.74, 6) is -0.726. The predicted octanol–water partition coefficient (Wildman–Crippen LogP) is 0.449. The van der Waals surface area contributed by atoms with Crippen LogP contribution < -0.4 is 10.9 Å². The Balaban J connectivity index is 2.36. The van der Waals surface area contributed by atoms with E-state index >= 15 is 0 Å². The highest BCUT2D eigenvalue weighted by atomic mass is 16.3. The Labute approximate surface area is 126 Å². The summed E-state index contributed by atoms with van der Waals surface area (Å²) in [7, 11) is 1.47. The molecule has 2 aliphatic rings. The summed E-state index contributed by atoms with van der Waals surface area (Å²) in [6, 6.07) is 1.40. The molecule has 1 aliphatic carbocycles. The predicted molar refractivity (Wildman–Crippen MR) is 79.6 cm³/mol. The summed E-state index contributed by atoms with van der Waals surface area (Å²) in [5.41, 5.74) is 1.51. The van der Waals surface area contributed by atoms with Crippen molar-refractivity contribution in [2.24, 2.45) is 7.05 Å². The molecule has 1 atom stereocenters. The molecule has 6 heteroatoms. The van der Waals surface area contributed by atoms with E-state index in [-0.39, 0.29) is 28.3 Å². The Bertz CT molecular complexity index is 842. The van der Waals surface area contributed by atoms with Crippen LogP contribution in [0, 0.1) is 0 Å². The number of fused-ring (bicyclic) bond motifs is 1. The molecule has 2 heterocycles. The van der Waals surface area contributed by atoms with E-state index in [2.05, 4.69) is 5.32 Å². The van der Waals surface area contributed by atoms with Gasteiger partial charge in [-0.15, -0.1) is 0 Å². The quantitative estimate of drug-likeness (QED) is 0.786. The van der Waals surface area contributed by atoms with Crippen LogP contribution in [0.4, 0.5) is 0 Å². The Hall–Kier alpha value is -2.47. The molecule has 114 valence electrons. The number of carbonyl (C=O) groups is 2. The zero-order valence-corrected chi connectivity index (χ0v) is 12.6. The number of aliphatic hydroxyl groups excluding tert-OH is 1. The lowest BCUT2D eigenvalue weighted by atomic mass is 9.82. The first-order valence-corrected chi connectivity index (χ1v) is 7.06. The summed E-state index contributed by atoms with van der Waals surface area (Å²) in [6.07, 6.45) is 0.949. The molecule has 1 aliphatic heterocycles. The van der Waals surface area contributed by atoms with E-state index in [0.717, 1.165) is 0 Å². The molecule has 0 saturated heterocycles. The van der Waals surface area contributed by atoms with Crippen molar-refractivity contribution in [3.05, 3.63) is 56.2 Å². The third-order valence-corrected chi connectivity index (χ3v) is 4.14. The molecular weight excluding hydrogens is 284 g/mol. The maximum atomic E-state index is 12.9. The fraction of sp³-hybridized carbons (Fsp3) is 0.312. The van der Waals surface area contributed by atoms with Crippen molar-refractivity contribution in [3.8, 4) is 0 Å². The lowest BCUT2D eigenvalue weighted by Crippen LogP contribution is -2.42. The van der Waals surface area contributed by atoms with Gasteiger partial charge in [-0.05, 0) is 30.6 Å². The number of carbonyl (C=O) groups excluding carboxylic acids is 2. The van der Waals surface area contributed by atoms with Crippen LogP contribution >= 0.6 is 0 Å². The number of hydrogen-bond donors (Lipinski definition) is 2. The van der Waals surface area contributed by atoms with Crippen molar-refractivity contribution in [3.63, 3.8) is 0 Å². The summed E-state index contributed by atoms with van der Waals surface area (Å²) in [6.45, 7) is 3.52. The topological polar surface area (TPSA) is 88.4 Å². The molecule has 0 spiro atoms. The van der Waals surface area contributed by atoms with Crippen LogP contribution in [0.1, 0.15) is 40.3 Å². The van der Waals surface area contributed by atoms with Crippen molar-refractivity contribution in [1.29, 1.82) is 0 Å². The van der Waals surface area contributed by atoms with Gasteiger partial charge in [0.25, 0.3) is 5.56 Å². The van der Waals surface area contributed by atoms with Gasteiger partial charge in [-0.1, -0.05) is 6.92 Å². The smallest absolute Gasteiger partial charge is 0.251 e. The van der Waals surface area contributed by atoms with Gasteiger partial charge in [0.05, 0.1) is 16.8 Å². The van der Waals surface area contributed by atoms with E-state index in [0.29, 0.717) is 23.1 Å². The summed E-state index contributed by atoms with van der Waals surface area (Å²) in [5, 5.41) is 12.4. The number of aliphatic hydroxyl groups is 1. The van der Waals surface area contributed by atoms with Crippen molar-refractivity contribution in [1.82, 2.24) is 9.88 Å². The van der Waals surface area contributed by atoms with Crippen LogP contribution in [0.2, 0.25) is 0 Å². The average Bonchev–Trinajstić information content (AvgIpc) is 2.46. The zero-order chi connectivity index (χ0) is 16.2. The monoisotopic (exact) mass is 300 g/mol. The van der Waals surface area contributed by atoms with Gasteiger partial charge in [-0.3, -0.25) is 14.4 Å². The largest absolute Gasteiger partial charge is 0.370 e. The fourth-order valence-electron chi connectivity index (χ4n) is 3.04. The van der Waals surface area contributed by atoms with E-state index in [1.54, 1.807) is 6.92 Å². The molecule has 1 unspecified atom stereocenters. The molecule has 1 aromatic rings. The number of nitrogens with one attached hydrogen (secondary N) is 1. The highest BCUT2D eigenvalue weighted by Crippen LogP contribution is 2.32. The van der Waals surface area contributed by atoms with Gasteiger partial charge >= 0.3 is 0 Å². The number of hydrogen-bond acceptors (Lipinski definition) is 5. The molecule has 6 nitrogen and oxygen atoms in total. The second kappa shape index (κ2) is 4.78. The lowest BCUT2D eigenvalue weighted by Gasteiger charge is -2.29. The van der Waals surface area contributed by atoms with Crippen molar-refractivity contribution in [2.45, 2.75) is 26.5 Å².